The minimum atomic E-state index is -0.980. The van der Waals surface area contributed by atoms with Gasteiger partial charge in [-0.2, -0.15) is 0 Å². The third-order valence-electron chi connectivity index (χ3n) is 2.90. The van der Waals surface area contributed by atoms with Crippen molar-refractivity contribution in [1.29, 1.82) is 0 Å². The van der Waals surface area contributed by atoms with E-state index in [1.807, 2.05) is 0 Å². The number of carbonyl (C=O) groups excluding carboxylic acids is 1. The lowest BCUT2D eigenvalue weighted by atomic mass is 10.2. The monoisotopic (exact) mass is 263 g/mol. The number of hydrogen-bond donors (Lipinski definition) is 2. The van der Waals surface area contributed by atoms with Gasteiger partial charge in [0.2, 0.25) is 5.76 Å². The lowest BCUT2D eigenvalue weighted by molar-refractivity contribution is -0.140. The number of Topliss-reactive ketones (excluding diaryl/α,β-unsaturated/α-hetero) is 1. The van der Waals surface area contributed by atoms with Gasteiger partial charge in [-0.15, -0.1) is 0 Å². The van der Waals surface area contributed by atoms with Gasteiger partial charge in [-0.25, -0.2) is 4.79 Å². The van der Waals surface area contributed by atoms with Gasteiger partial charge in [-0.3, -0.25) is 4.79 Å². The van der Waals surface area contributed by atoms with Gasteiger partial charge in [0.05, 0.1) is 0 Å². The lowest BCUT2D eigenvalue weighted by Gasteiger charge is -2.11. The van der Waals surface area contributed by atoms with E-state index in [4.69, 9.17) is 9.84 Å². The molecule has 0 aliphatic carbocycles. The van der Waals surface area contributed by atoms with Crippen LogP contribution in [-0.4, -0.2) is 26.5 Å². The number of ketones is 1. The molecule has 2 N–H and O–H groups in total. The molecule has 0 saturated heterocycles. The van der Waals surface area contributed by atoms with Crippen LogP contribution in [0.2, 0.25) is 0 Å². The fraction of sp³-hybridized carbons (Fsp3) is 0.231. The fourth-order valence-corrected chi connectivity index (χ4v) is 1.77. The molecule has 1 aliphatic rings. The van der Waals surface area contributed by atoms with E-state index in [0.29, 0.717) is 5.69 Å². The molecule has 1 aromatic heterocycles. The van der Waals surface area contributed by atoms with Crippen molar-refractivity contribution in [3.8, 4) is 0 Å². The summed E-state index contributed by atoms with van der Waals surface area (Å²) < 4.78 is 6.63. The highest BCUT2D eigenvalue weighted by molar-refractivity contribution is 6.10. The van der Waals surface area contributed by atoms with E-state index in [9.17, 15) is 14.7 Å². The summed E-state index contributed by atoms with van der Waals surface area (Å²) in [6.45, 7) is 3.01. The predicted molar refractivity (Wildman–Crippen MR) is 66.2 cm³/mol. The Kier molecular flexibility index (Phi) is 3.16. The van der Waals surface area contributed by atoms with E-state index in [2.05, 4.69) is 0 Å². The minimum absolute atomic E-state index is 0.0208. The molecular weight excluding hydrogens is 250 g/mol. The smallest absolute Gasteiger partial charge is 0.326 e. The highest BCUT2D eigenvalue weighted by Crippen LogP contribution is 2.25. The number of nitrogens with zero attached hydrogens (tertiary/aromatic N) is 1. The zero-order valence-electron chi connectivity index (χ0n) is 10.5. The molecule has 6 nitrogen and oxygen atoms in total. The summed E-state index contributed by atoms with van der Waals surface area (Å²) in [5, 5.41) is 18.4. The molecule has 19 heavy (non-hydrogen) atoms. The second kappa shape index (κ2) is 4.64. The van der Waals surface area contributed by atoms with Crippen LogP contribution in [0.25, 0.3) is 6.08 Å². The average Bonchev–Trinajstić information content (AvgIpc) is 2.90. The summed E-state index contributed by atoms with van der Waals surface area (Å²) in [5.41, 5.74) is 0.515. The van der Waals surface area contributed by atoms with Gasteiger partial charge in [0, 0.05) is 18.0 Å². The van der Waals surface area contributed by atoms with Gasteiger partial charge < -0.3 is 19.5 Å². The first kappa shape index (κ1) is 12.9. The summed E-state index contributed by atoms with van der Waals surface area (Å²) >= 11 is 0. The van der Waals surface area contributed by atoms with Crippen LogP contribution in [0.4, 0.5) is 0 Å². The van der Waals surface area contributed by atoms with Crippen LogP contribution in [-0.2, 0) is 14.3 Å². The molecule has 1 atom stereocenters. The maximum Gasteiger partial charge on any atom is 0.326 e. The van der Waals surface area contributed by atoms with Gasteiger partial charge in [-0.05, 0) is 26.0 Å². The summed E-state index contributed by atoms with van der Waals surface area (Å²) in [4.78, 5) is 22.6. The largest absolute Gasteiger partial charge is 0.502 e. The zero-order chi connectivity index (χ0) is 14.2. The van der Waals surface area contributed by atoms with Gasteiger partial charge >= 0.3 is 5.97 Å². The molecule has 1 aliphatic heterocycles. The Labute approximate surface area is 109 Å². The number of ether oxygens (including phenoxy) is 1. The van der Waals surface area contributed by atoms with Crippen LogP contribution in [0.5, 0.6) is 0 Å². The maximum absolute atomic E-state index is 11.6. The molecule has 0 saturated carbocycles. The van der Waals surface area contributed by atoms with Gasteiger partial charge in [0.1, 0.15) is 11.8 Å². The van der Waals surface area contributed by atoms with Crippen LogP contribution < -0.4 is 0 Å². The quantitative estimate of drug-likeness (QED) is 0.812. The zero-order valence-corrected chi connectivity index (χ0v) is 10.5. The van der Waals surface area contributed by atoms with Crippen LogP contribution in [0.1, 0.15) is 25.6 Å². The van der Waals surface area contributed by atoms with E-state index in [0.717, 1.165) is 0 Å². The molecular formula is C13H13NO5. The number of carboxylic acid groups (broad SMARTS) is 1. The topological polar surface area (TPSA) is 88.8 Å². The Morgan fingerprint density at radius 2 is 2.21 bits per heavy atom. The first-order valence-electron chi connectivity index (χ1n) is 5.65. The molecule has 6 heteroatoms. The number of carboxylic acids is 1. The summed E-state index contributed by atoms with van der Waals surface area (Å²) in [6.07, 6.45) is 3.01. The molecule has 100 valence electrons. The first-order chi connectivity index (χ1) is 8.91. The third kappa shape index (κ3) is 2.24. The molecule has 0 radical (unpaired) electrons. The molecule has 0 fully saturated rings. The van der Waals surface area contributed by atoms with Crippen molar-refractivity contribution in [3.05, 3.63) is 41.3 Å². The molecule has 0 amide bonds. The van der Waals surface area contributed by atoms with Gasteiger partial charge in [-0.1, -0.05) is 0 Å². The Bertz CT molecular complexity index is 608. The van der Waals surface area contributed by atoms with Crippen molar-refractivity contribution < 1.29 is 24.5 Å². The van der Waals surface area contributed by atoms with E-state index < -0.39 is 23.6 Å². The van der Waals surface area contributed by atoms with E-state index in [1.54, 1.807) is 18.3 Å². The Hall–Kier alpha value is -2.50. The van der Waals surface area contributed by atoms with E-state index in [-0.39, 0.29) is 11.5 Å². The van der Waals surface area contributed by atoms with Crippen LogP contribution in [0, 0.1) is 0 Å². The number of carbonyl (C=O) groups is 2. The van der Waals surface area contributed by atoms with E-state index >= 15 is 0 Å². The van der Waals surface area contributed by atoms with Crippen LogP contribution in [0.3, 0.4) is 0 Å². The highest BCUT2D eigenvalue weighted by Gasteiger charge is 2.28. The standard InChI is InChI=1S/C13H13NO5/c1-7(13(17)18)14-5-3-4-9(14)6-10-12(16)11(15)8(2)19-10/h3-7,15H,1-2H3,(H,17,18)/b10-6-/t7-/m0/s1. The van der Waals surface area contributed by atoms with Crippen molar-refractivity contribution in [2.24, 2.45) is 0 Å². The molecule has 2 heterocycles. The number of rotatable bonds is 3. The molecule has 1 aromatic rings. The number of aliphatic carboxylic acids is 1. The lowest BCUT2D eigenvalue weighted by Crippen LogP contribution is -2.16. The van der Waals surface area contributed by atoms with Crippen LogP contribution in [0.15, 0.2) is 35.6 Å². The van der Waals surface area contributed by atoms with Gasteiger partial charge in [0.15, 0.2) is 5.76 Å². The highest BCUT2D eigenvalue weighted by atomic mass is 16.5. The second-order valence-corrected chi connectivity index (χ2v) is 4.20. The molecule has 0 bridgehead atoms. The minimum Gasteiger partial charge on any atom is -0.502 e. The summed E-state index contributed by atoms with van der Waals surface area (Å²) in [7, 11) is 0. The van der Waals surface area contributed by atoms with Crippen LogP contribution >= 0.6 is 0 Å². The van der Waals surface area contributed by atoms with E-state index in [1.165, 1.54) is 24.5 Å². The summed E-state index contributed by atoms with van der Waals surface area (Å²) in [5.74, 6) is -1.89. The number of hydrogen-bond acceptors (Lipinski definition) is 4. The van der Waals surface area contributed by atoms with Crippen molar-refractivity contribution in [2.75, 3.05) is 0 Å². The van der Waals surface area contributed by atoms with Crippen molar-refractivity contribution >= 4 is 17.8 Å². The van der Waals surface area contributed by atoms with Gasteiger partial charge in [0.25, 0.3) is 5.78 Å². The number of aliphatic hydroxyl groups is 1. The SMILES string of the molecule is CC1=C(O)C(=O)/C(=C/c2cccn2[C@@H](C)C(=O)O)O1. The fourth-order valence-electron chi connectivity index (χ4n) is 1.77. The maximum atomic E-state index is 11.6. The average molecular weight is 263 g/mol. The van der Waals surface area contributed by atoms with Crippen molar-refractivity contribution in [3.63, 3.8) is 0 Å². The number of allylic oxidation sites excluding steroid dienone is 1. The molecule has 0 aromatic carbocycles. The van der Waals surface area contributed by atoms with Crippen molar-refractivity contribution in [2.45, 2.75) is 19.9 Å². The second-order valence-electron chi connectivity index (χ2n) is 4.20. The molecule has 2 rings (SSSR count). The predicted octanol–water partition coefficient (Wildman–Crippen LogP) is 1.86. The molecule has 0 spiro atoms. The Balaban J connectivity index is 2.34. The molecule has 0 unspecified atom stereocenters. The normalized spacial score (nSPS) is 18.8. The number of aromatic nitrogens is 1. The summed E-state index contributed by atoms with van der Waals surface area (Å²) in [6, 6.07) is 2.57. The number of aliphatic hydroxyl groups excluding tert-OH is 1. The third-order valence-corrected chi connectivity index (χ3v) is 2.90. The Morgan fingerprint density at radius 3 is 2.74 bits per heavy atom. The Morgan fingerprint density at radius 1 is 1.53 bits per heavy atom. The first-order valence-corrected chi connectivity index (χ1v) is 5.65. The van der Waals surface area contributed by atoms with Crippen molar-refractivity contribution in [1.82, 2.24) is 4.57 Å².